The van der Waals surface area contributed by atoms with Gasteiger partial charge in [0.15, 0.2) is 6.61 Å². The zero-order valence-corrected chi connectivity index (χ0v) is 13.9. The monoisotopic (exact) mass is 330 g/mol. The number of carbonyl (C=O) groups is 2. The number of benzene rings is 2. The largest absolute Gasteiger partial charge is 0.481 e. The number of anilines is 1. The number of rotatable bonds is 7. The second-order valence-electron chi connectivity index (χ2n) is 5.41. The number of esters is 1. The summed E-state index contributed by atoms with van der Waals surface area (Å²) in [6.45, 7) is 1.81. The van der Waals surface area contributed by atoms with E-state index in [-0.39, 0.29) is 12.5 Å². The van der Waals surface area contributed by atoms with Crippen LogP contribution in [0.3, 0.4) is 0 Å². The van der Waals surface area contributed by atoms with Crippen molar-refractivity contribution in [3.8, 4) is 5.75 Å². The van der Waals surface area contributed by atoms with Crippen LogP contribution in [0.25, 0.3) is 10.8 Å². The van der Waals surface area contributed by atoms with Crippen molar-refractivity contribution < 1.29 is 19.1 Å². The molecule has 0 saturated heterocycles. The highest BCUT2D eigenvalue weighted by Crippen LogP contribution is 2.31. The number of carbonyl (C=O) groups excluding carboxylic acids is 2. The summed E-state index contributed by atoms with van der Waals surface area (Å²) in [6, 6.07) is 10.4. The van der Waals surface area contributed by atoms with Crippen molar-refractivity contribution in [2.24, 2.45) is 5.73 Å². The van der Waals surface area contributed by atoms with Crippen LogP contribution >= 0.6 is 0 Å². The minimum Gasteiger partial charge on any atom is -0.481 e. The second-order valence-corrected chi connectivity index (χ2v) is 5.41. The van der Waals surface area contributed by atoms with Crippen LogP contribution in [-0.4, -0.2) is 31.6 Å². The van der Waals surface area contributed by atoms with Gasteiger partial charge in [0.2, 0.25) is 5.91 Å². The Morgan fingerprint density at radius 1 is 1.17 bits per heavy atom. The first kappa shape index (κ1) is 17.7. The van der Waals surface area contributed by atoms with E-state index in [9.17, 15) is 9.59 Å². The first-order valence-corrected chi connectivity index (χ1v) is 7.84. The van der Waals surface area contributed by atoms with Crippen LogP contribution in [0.1, 0.15) is 19.8 Å². The predicted molar refractivity (Wildman–Crippen MR) is 93.0 cm³/mol. The highest BCUT2D eigenvalue weighted by molar-refractivity contribution is 6.05. The molecule has 0 aliphatic heterocycles. The number of nitrogens with two attached hydrogens (primary N) is 1. The number of ether oxygens (including phenoxy) is 2. The topological polar surface area (TPSA) is 90.7 Å². The zero-order valence-electron chi connectivity index (χ0n) is 13.9. The minimum atomic E-state index is -0.538. The average Bonchev–Trinajstić information content (AvgIpc) is 2.60. The van der Waals surface area contributed by atoms with E-state index in [4.69, 9.17) is 10.5 Å². The van der Waals surface area contributed by atoms with Gasteiger partial charge in [-0.2, -0.15) is 0 Å². The van der Waals surface area contributed by atoms with E-state index in [0.29, 0.717) is 17.9 Å². The molecule has 1 unspecified atom stereocenters. The molecule has 0 heterocycles. The standard InChI is InChI=1S/C18H22N2O4/c1-3-6-14(19)18(22)20-15-9-10-16(24-11-17(21)23-2)13-8-5-4-7-12(13)15/h4-5,7-10,14H,3,6,11,19H2,1-2H3,(H,20,22). The smallest absolute Gasteiger partial charge is 0.343 e. The molecule has 0 aliphatic carbocycles. The molecular formula is C18H22N2O4. The molecule has 0 aromatic heterocycles. The lowest BCUT2D eigenvalue weighted by Gasteiger charge is -2.15. The maximum absolute atomic E-state index is 12.2. The number of nitrogens with one attached hydrogen (secondary N) is 1. The maximum Gasteiger partial charge on any atom is 0.343 e. The first-order valence-electron chi connectivity index (χ1n) is 7.84. The maximum atomic E-state index is 12.2. The third-order valence-corrected chi connectivity index (χ3v) is 3.65. The molecule has 2 rings (SSSR count). The summed E-state index contributed by atoms with van der Waals surface area (Å²) in [6.07, 6.45) is 1.47. The number of amides is 1. The van der Waals surface area contributed by atoms with Crippen LogP contribution in [0.2, 0.25) is 0 Å². The van der Waals surface area contributed by atoms with Crippen molar-refractivity contribution in [1.82, 2.24) is 0 Å². The third-order valence-electron chi connectivity index (χ3n) is 3.65. The molecule has 0 spiro atoms. The molecule has 24 heavy (non-hydrogen) atoms. The molecule has 0 aliphatic rings. The van der Waals surface area contributed by atoms with Crippen LogP contribution in [0.15, 0.2) is 36.4 Å². The summed E-state index contributed by atoms with van der Waals surface area (Å²) in [5.74, 6) is -0.126. The number of fused-ring (bicyclic) bond motifs is 1. The summed E-state index contributed by atoms with van der Waals surface area (Å²) in [4.78, 5) is 23.4. The Morgan fingerprint density at radius 2 is 1.88 bits per heavy atom. The van der Waals surface area contributed by atoms with Gasteiger partial charge in [0, 0.05) is 16.5 Å². The summed E-state index contributed by atoms with van der Waals surface area (Å²) < 4.78 is 10.1. The van der Waals surface area contributed by atoms with Gasteiger partial charge in [-0.05, 0) is 18.6 Å². The van der Waals surface area contributed by atoms with Crippen molar-refractivity contribution in [2.45, 2.75) is 25.8 Å². The van der Waals surface area contributed by atoms with E-state index in [0.717, 1.165) is 17.2 Å². The molecule has 1 amide bonds. The molecule has 1 atom stereocenters. The fourth-order valence-electron chi connectivity index (χ4n) is 2.37. The van der Waals surface area contributed by atoms with Crippen molar-refractivity contribution in [2.75, 3.05) is 19.0 Å². The molecule has 6 nitrogen and oxygen atoms in total. The SMILES string of the molecule is CCCC(N)C(=O)Nc1ccc(OCC(=O)OC)c2ccccc12. The molecule has 3 N–H and O–H groups in total. The molecular weight excluding hydrogens is 308 g/mol. The Morgan fingerprint density at radius 3 is 2.54 bits per heavy atom. The van der Waals surface area contributed by atoms with E-state index in [1.807, 2.05) is 31.2 Å². The average molecular weight is 330 g/mol. The van der Waals surface area contributed by atoms with E-state index in [1.54, 1.807) is 12.1 Å². The van der Waals surface area contributed by atoms with Gasteiger partial charge in [0.1, 0.15) is 5.75 Å². The molecule has 2 aromatic rings. The summed E-state index contributed by atoms with van der Waals surface area (Å²) >= 11 is 0. The van der Waals surface area contributed by atoms with Gasteiger partial charge in [-0.25, -0.2) is 4.79 Å². The molecule has 6 heteroatoms. The van der Waals surface area contributed by atoms with Gasteiger partial charge in [0.25, 0.3) is 0 Å². The van der Waals surface area contributed by atoms with E-state index < -0.39 is 12.0 Å². The van der Waals surface area contributed by atoms with Crippen molar-refractivity contribution >= 4 is 28.3 Å². The Kier molecular flexibility index (Phi) is 6.14. The van der Waals surface area contributed by atoms with Crippen LogP contribution in [0, 0.1) is 0 Å². The Hall–Kier alpha value is -2.60. The lowest BCUT2D eigenvalue weighted by atomic mass is 10.1. The Labute approximate surface area is 140 Å². The van der Waals surface area contributed by atoms with Crippen LogP contribution in [0.4, 0.5) is 5.69 Å². The summed E-state index contributed by atoms with van der Waals surface area (Å²) in [5.41, 5.74) is 6.52. The van der Waals surface area contributed by atoms with Gasteiger partial charge in [-0.1, -0.05) is 37.6 Å². The minimum absolute atomic E-state index is 0.173. The Balaban J connectivity index is 2.27. The number of hydrogen-bond acceptors (Lipinski definition) is 5. The lowest BCUT2D eigenvalue weighted by Crippen LogP contribution is -2.35. The highest BCUT2D eigenvalue weighted by Gasteiger charge is 2.15. The molecule has 128 valence electrons. The van der Waals surface area contributed by atoms with Gasteiger partial charge in [0.05, 0.1) is 13.2 Å². The van der Waals surface area contributed by atoms with Crippen LogP contribution < -0.4 is 15.8 Å². The third kappa shape index (κ3) is 4.23. The van der Waals surface area contributed by atoms with Crippen molar-refractivity contribution in [3.63, 3.8) is 0 Å². The van der Waals surface area contributed by atoms with E-state index in [1.165, 1.54) is 7.11 Å². The van der Waals surface area contributed by atoms with Gasteiger partial charge in [-0.15, -0.1) is 0 Å². The summed E-state index contributed by atoms with van der Waals surface area (Å²) in [7, 11) is 1.31. The van der Waals surface area contributed by atoms with Gasteiger partial charge in [-0.3, -0.25) is 4.79 Å². The van der Waals surface area contributed by atoms with Crippen LogP contribution in [0.5, 0.6) is 5.75 Å². The fraction of sp³-hybridized carbons (Fsp3) is 0.333. The van der Waals surface area contributed by atoms with Crippen LogP contribution in [-0.2, 0) is 14.3 Å². The fourth-order valence-corrected chi connectivity index (χ4v) is 2.37. The van der Waals surface area contributed by atoms with Crippen molar-refractivity contribution in [1.29, 1.82) is 0 Å². The van der Waals surface area contributed by atoms with Crippen molar-refractivity contribution in [3.05, 3.63) is 36.4 Å². The number of methoxy groups -OCH3 is 1. The quantitative estimate of drug-likeness (QED) is 0.761. The van der Waals surface area contributed by atoms with Gasteiger partial charge < -0.3 is 20.5 Å². The highest BCUT2D eigenvalue weighted by atomic mass is 16.6. The molecule has 0 saturated carbocycles. The Bertz CT molecular complexity index is 730. The molecule has 0 bridgehead atoms. The molecule has 2 aromatic carbocycles. The number of hydrogen-bond donors (Lipinski definition) is 2. The molecule has 0 fully saturated rings. The van der Waals surface area contributed by atoms with E-state index in [2.05, 4.69) is 10.1 Å². The first-order chi connectivity index (χ1) is 11.6. The lowest BCUT2D eigenvalue weighted by molar-refractivity contribution is -0.142. The predicted octanol–water partition coefficient (Wildman–Crippen LogP) is 2.46. The zero-order chi connectivity index (χ0) is 17.5. The van der Waals surface area contributed by atoms with Gasteiger partial charge >= 0.3 is 5.97 Å². The second kappa shape index (κ2) is 8.31. The summed E-state index contributed by atoms with van der Waals surface area (Å²) in [5, 5.41) is 4.47. The molecule has 0 radical (unpaired) electrons. The normalized spacial score (nSPS) is 11.8. The van der Waals surface area contributed by atoms with E-state index >= 15 is 0 Å².